The molecule has 21 heavy (non-hydrogen) atoms. The summed E-state index contributed by atoms with van der Waals surface area (Å²) in [5, 5.41) is 3.38. The summed E-state index contributed by atoms with van der Waals surface area (Å²) in [5.74, 6) is 0.927. The molecule has 0 saturated carbocycles. The molecule has 0 radical (unpaired) electrons. The van der Waals surface area contributed by atoms with Crippen LogP contribution in [0.15, 0.2) is 24.3 Å². The van der Waals surface area contributed by atoms with Crippen molar-refractivity contribution >= 4 is 5.69 Å². The van der Waals surface area contributed by atoms with Crippen molar-refractivity contribution < 1.29 is 9.47 Å². The van der Waals surface area contributed by atoms with Gasteiger partial charge in [0.05, 0.1) is 13.2 Å². The smallest absolute Gasteiger partial charge is 0.119 e. The van der Waals surface area contributed by atoms with Crippen LogP contribution in [0.3, 0.4) is 0 Å². The Morgan fingerprint density at radius 2 is 1.90 bits per heavy atom. The van der Waals surface area contributed by atoms with E-state index < -0.39 is 0 Å². The second-order valence-corrected chi connectivity index (χ2v) is 5.25. The number of unbranched alkanes of at least 4 members (excludes halogenated alkanes) is 1. The average Bonchev–Trinajstić information content (AvgIpc) is 2.54. The van der Waals surface area contributed by atoms with E-state index in [9.17, 15) is 0 Å². The molecule has 0 aromatic heterocycles. The molecule has 1 aromatic carbocycles. The minimum atomic E-state index is 0.725. The highest BCUT2D eigenvalue weighted by atomic mass is 16.5. The summed E-state index contributed by atoms with van der Waals surface area (Å²) in [5.41, 5.74) is 6.61. The lowest BCUT2D eigenvalue weighted by molar-refractivity contribution is 0.0322. The van der Waals surface area contributed by atoms with Crippen LogP contribution in [0.25, 0.3) is 0 Å². The third-order valence-corrected chi connectivity index (χ3v) is 3.59. The van der Waals surface area contributed by atoms with E-state index in [1.165, 1.54) is 0 Å². The molecule has 0 unspecified atom stereocenters. The molecule has 5 heteroatoms. The van der Waals surface area contributed by atoms with Crippen LogP contribution >= 0.6 is 0 Å². The first-order valence-electron chi connectivity index (χ1n) is 7.85. The van der Waals surface area contributed by atoms with E-state index in [0.29, 0.717) is 0 Å². The number of morpholine rings is 1. The van der Waals surface area contributed by atoms with Crippen molar-refractivity contribution in [3.8, 4) is 5.75 Å². The van der Waals surface area contributed by atoms with Crippen LogP contribution in [0, 0.1) is 0 Å². The van der Waals surface area contributed by atoms with E-state index in [1.54, 1.807) is 0 Å². The van der Waals surface area contributed by atoms with Gasteiger partial charge in [-0.3, -0.25) is 4.90 Å². The number of anilines is 1. The van der Waals surface area contributed by atoms with Gasteiger partial charge in [-0.1, -0.05) is 0 Å². The molecule has 1 aromatic rings. The lowest BCUT2D eigenvalue weighted by Crippen LogP contribution is -2.38. The molecule has 1 heterocycles. The standard InChI is InChI=1S/C16H27N3O2/c17-7-1-2-8-18-15-3-5-16(6-4-15)21-14-11-19-9-12-20-13-10-19/h3-6,18H,1-2,7-14,17H2. The SMILES string of the molecule is NCCCCNc1ccc(OCCN2CCOCC2)cc1. The highest BCUT2D eigenvalue weighted by Gasteiger charge is 2.09. The van der Waals surface area contributed by atoms with Crippen LogP contribution in [0.4, 0.5) is 5.69 Å². The molecular formula is C16H27N3O2. The van der Waals surface area contributed by atoms with E-state index in [1.807, 2.05) is 12.1 Å². The van der Waals surface area contributed by atoms with Crippen LogP contribution in [-0.2, 0) is 4.74 Å². The molecular weight excluding hydrogens is 266 g/mol. The molecule has 0 atom stereocenters. The van der Waals surface area contributed by atoms with Crippen LogP contribution in [-0.4, -0.2) is 57.4 Å². The molecule has 0 bridgehead atoms. The van der Waals surface area contributed by atoms with Gasteiger partial charge in [-0.25, -0.2) is 0 Å². The maximum Gasteiger partial charge on any atom is 0.119 e. The van der Waals surface area contributed by atoms with Gasteiger partial charge in [0.2, 0.25) is 0 Å². The minimum absolute atomic E-state index is 0.725. The molecule has 0 amide bonds. The van der Waals surface area contributed by atoms with Gasteiger partial charge in [0.15, 0.2) is 0 Å². The number of rotatable bonds is 9. The highest BCUT2D eigenvalue weighted by Crippen LogP contribution is 2.15. The number of benzene rings is 1. The van der Waals surface area contributed by atoms with Gasteiger partial charge in [-0.05, 0) is 43.7 Å². The van der Waals surface area contributed by atoms with E-state index in [2.05, 4.69) is 22.3 Å². The van der Waals surface area contributed by atoms with Gasteiger partial charge in [-0.15, -0.1) is 0 Å². The normalized spacial score (nSPS) is 15.9. The number of nitrogens with two attached hydrogens (primary N) is 1. The van der Waals surface area contributed by atoms with Gasteiger partial charge in [0.1, 0.15) is 12.4 Å². The van der Waals surface area contributed by atoms with E-state index in [4.69, 9.17) is 15.2 Å². The molecule has 0 aliphatic carbocycles. The Balaban J connectivity index is 1.62. The molecule has 1 saturated heterocycles. The zero-order valence-corrected chi connectivity index (χ0v) is 12.7. The molecule has 5 nitrogen and oxygen atoms in total. The van der Waals surface area contributed by atoms with Crippen molar-refractivity contribution in [2.45, 2.75) is 12.8 Å². The predicted octanol–water partition coefficient (Wildman–Crippen LogP) is 1.55. The molecule has 2 rings (SSSR count). The summed E-state index contributed by atoms with van der Waals surface area (Å²) in [4.78, 5) is 2.37. The van der Waals surface area contributed by atoms with Crippen molar-refractivity contribution in [3.63, 3.8) is 0 Å². The van der Waals surface area contributed by atoms with E-state index in [0.717, 1.165) is 76.8 Å². The van der Waals surface area contributed by atoms with Crippen molar-refractivity contribution in [1.29, 1.82) is 0 Å². The Bertz CT molecular complexity index is 378. The summed E-state index contributed by atoms with van der Waals surface area (Å²) in [6.07, 6.45) is 2.17. The fraction of sp³-hybridized carbons (Fsp3) is 0.625. The second-order valence-electron chi connectivity index (χ2n) is 5.25. The number of nitrogens with one attached hydrogen (secondary N) is 1. The predicted molar refractivity (Wildman–Crippen MR) is 86.0 cm³/mol. The second kappa shape index (κ2) is 9.60. The molecule has 1 aliphatic heterocycles. The summed E-state index contributed by atoms with van der Waals surface area (Å²) in [6, 6.07) is 8.16. The number of hydrogen-bond acceptors (Lipinski definition) is 5. The fourth-order valence-corrected chi connectivity index (χ4v) is 2.29. The van der Waals surface area contributed by atoms with E-state index >= 15 is 0 Å². The summed E-state index contributed by atoms with van der Waals surface area (Å²) in [7, 11) is 0. The first-order valence-corrected chi connectivity index (χ1v) is 7.85. The third-order valence-electron chi connectivity index (χ3n) is 3.59. The largest absolute Gasteiger partial charge is 0.492 e. The molecule has 1 aliphatic rings. The zero-order chi connectivity index (χ0) is 14.8. The average molecular weight is 293 g/mol. The Labute approximate surface area is 127 Å². The van der Waals surface area contributed by atoms with Crippen LogP contribution < -0.4 is 15.8 Å². The third kappa shape index (κ3) is 6.33. The molecule has 118 valence electrons. The summed E-state index contributed by atoms with van der Waals surface area (Å²) >= 11 is 0. The van der Waals surface area contributed by atoms with Gasteiger partial charge in [-0.2, -0.15) is 0 Å². The first-order chi connectivity index (χ1) is 10.4. The van der Waals surface area contributed by atoms with Gasteiger partial charge in [0, 0.05) is 31.9 Å². The quantitative estimate of drug-likeness (QED) is 0.677. The lowest BCUT2D eigenvalue weighted by Gasteiger charge is -2.26. The first kappa shape index (κ1) is 16.1. The molecule has 0 spiro atoms. The maximum absolute atomic E-state index is 5.78. The number of nitrogens with zero attached hydrogens (tertiary/aromatic N) is 1. The van der Waals surface area contributed by atoms with Crippen LogP contribution in [0.5, 0.6) is 5.75 Å². The number of ether oxygens (including phenoxy) is 2. The summed E-state index contributed by atoms with van der Waals surface area (Å²) < 4.78 is 11.1. The van der Waals surface area contributed by atoms with Crippen LogP contribution in [0.2, 0.25) is 0 Å². The zero-order valence-electron chi connectivity index (χ0n) is 12.7. The van der Waals surface area contributed by atoms with Crippen molar-refractivity contribution in [3.05, 3.63) is 24.3 Å². The Morgan fingerprint density at radius 1 is 1.14 bits per heavy atom. The lowest BCUT2D eigenvalue weighted by atomic mass is 10.2. The Hall–Kier alpha value is -1.30. The van der Waals surface area contributed by atoms with E-state index in [-0.39, 0.29) is 0 Å². The van der Waals surface area contributed by atoms with Crippen molar-refractivity contribution in [2.24, 2.45) is 5.73 Å². The molecule has 1 fully saturated rings. The molecule has 3 N–H and O–H groups in total. The van der Waals surface area contributed by atoms with Crippen molar-refractivity contribution in [1.82, 2.24) is 4.90 Å². The fourth-order valence-electron chi connectivity index (χ4n) is 2.29. The highest BCUT2D eigenvalue weighted by molar-refractivity contribution is 5.46. The maximum atomic E-state index is 5.78. The van der Waals surface area contributed by atoms with Crippen molar-refractivity contribution in [2.75, 3.05) is 57.9 Å². The monoisotopic (exact) mass is 293 g/mol. The van der Waals surface area contributed by atoms with Gasteiger partial charge < -0.3 is 20.5 Å². The van der Waals surface area contributed by atoms with Gasteiger partial charge >= 0.3 is 0 Å². The Morgan fingerprint density at radius 3 is 2.62 bits per heavy atom. The summed E-state index contributed by atoms with van der Waals surface area (Å²) in [6.45, 7) is 7.11. The topological polar surface area (TPSA) is 59.8 Å². The minimum Gasteiger partial charge on any atom is -0.492 e. The number of hydrogen-bond donors (Lipinski definition) is 2. The van der Waals surface area contributed by atoms with Gasteiger partial charge in [0.25, 0.3) is 0 Å². The van der Waals surface area contributed by atoms with Crippen LogP contribution in [0.1, 0.15) is 12.8 Å². The Kier molecular flexibility index (Phi) is 7.35.